The maximum absolute atomic E-state index is 13.5. The third-order valence-electron chi connectivity index (χ3n) is 9.80. The lowest BCUT2D eigenvalue weighted by atomic mass is 9.84. The third kappa shape index (κ3) is 6.19. The van der Waals surface area contributed by atoms with E-state index in [0.717, 1.165) is 56.8 Å². The predicted octanol–water partition coefficient (Wildman–Crippen LogP) is 7.34. The average Bonchev–Trinajstić information content (AvgIpc) is 3.76. The predicted molar refractivity (Wildman–Crippen MR) is 187 cm³/mol. The van der Waals surface area contributed by atoms with Crippen LogP contribution in [-0.4, -0.2) is 59.2 Å². The normalized spacial score (nSPS) is 15.8. The highest BCUT2D eigenvalue weighted by Gasteiger charge is 2.33. The second-order valence-electron chi connectivity index (χ2n) is 12.4. The minimum Gasteiger partial charge on any atom is -0.469 e. The molecule has 5 heterocycles. The second-order valence-corrected chi connectivity index (χ2v) is 12.4. The van der Waals surface area contributed by atoms with Crippen LogP contribution in [0.25, 0.3) is 33.2 Å². The zero-order valence-electron chi connectivity index (χ0n) is 29.1. The van der Waals surface area contributed by atoms with Gasteiger partial charge in [0.05, 0.1) is 55.9 Å². The summed E-state index contributed by atoms with van der Waals surface area (Å²) in [6.45, 7) is 14.3. The SMILES string of the molecule is C=CC1=C(C)c2cc3nc(c(CC(=O)OC)c4[nH]c(cc5[nH]c(cc1n2)c(C)c5CC)c(C)c4C(=O)OC)[C@@H](CCCC(=O)OC)[C@@H]3C. The highest BCUT2D eigenvalue weighted by Crippen LogP contribution is 2.43. The molecular formula is C38H44N4O6. The number of nitrogens with one attached hydrogen (secondary N) is 2. The van der Waals surface area contributed by atoms with Gasteiger partial charge in [-0.1, -0.05) is 26.5 Å². The Balaban J connectivity index is 1.99. The number of aryl methyl sites for hydroxylation is 3. The van der Waals surface area contributed by atoms with Crippen molar-refractivity contribution in [3.8, 4) is 0 Å². The van der Waals surface area contributed by atoms with Gasteiger partial charge in [-0.2, -0.15) is 0 Å². The zero-order valence-corrected chi connectivity index (χ0v) is 29.1. The number of rotatable bonds is 9. The lowest BCUT2D eigenvalue weighted by molar-refractivity contribution is -0.141. The Labute approximate surface area is 280 Å². The van der Waals surface area contributed by atoms with Crippen LogP contribution in [0.1, 0.15) is 107 Å². The first-order chi connectivity index (χ1) is 23.0. The summed E-state index contributed by atoms with van der Waals surface area (Å²) in [6, 6.07) is 6.05. The Morgan fingerprint density at radius 2 is 1.58 bits per heavy atom. The van der Waals surface area contributed by atoms with Crippen LogP contribution >= 0.6 is 0 Å². The van der Waals surface area contributed by atoms with Crippen LogP contribution in [0.5, 0.6) is 0 Å². The second kappa shape index (κ2) is 14.0. The summed E-state index contributed by atoms with van der Waals surface area (Å²) in [7, 11) is 4.06. The van der Waals surface area contributed by atoms with Gasteiger partial charge in [-0.3, -0.25) is 14.6 Å². The number of carbonyl (C=O) groups is 3. The summed E-state index contributed by atoms with van der Waals surface area (Å²) in [6.07, 6.45) is 3.87. The Kier molecular flexibility index (Phi) is 10.0. The van der Waals surface area contributed by atoms with E-state index >= 15 is 0 Å². The minimum absolute atomic E-state index is 0.0970. The van der Waals surface area contributed by atoms with Crippen molar-refractivity contribution in [1.29, 1.82) is 0 Å². The van der Waals surface area contributed by atoms with E-state index in [1.54, 1.807) is 0 Å². The van der Waals surface area contributed by atoms with Gasteiger partial charge in [0.25, 0.3) is 0 Å². The standard InChI is InChI=1S/C38H44N4O6/c1-10-23-19(3)27-16-29-21(5)25(13-12-14-33(43)46-7)36(41-29)26(15-34(44)47-8)37-35(38(45)48-9)22(6)30(42-37)18-32-24(11-2)20(4)28(40-32)17-31(23)39-27/h10,16-18,21,25,40,42H,1,11-15H2,2-9H3/t21-,25-/m0/s1. The van der Waals surface area contributed by atoms with E-state index < -0.39 is 11.9 Å². The molecule has 0 radical (unpaired) electrons. The van der Waals surface area contributed by atoms with Gasteiger partial charge < -0.3 is 24.2 Å². The van der Waals surface area contributed by atoms with E-state index in [-0.39, 0.29) is 30.6 Å². The molecule has 0 aliphatic carbocycles. The van der Waals surface area contributed by atoms with Gasteiger partial charge in [-0.15, -0.1) is 0 Å². The molecule has 0 saturated carbocycles. The average molecular weight is 653 g/mol. The quantitative estimate of drug-likeness (QED) is 0.181. The van der Waals surface area contributed by atoms with Gasteiger partial charge in [0, 0.05) is 51.6 Å². The number of fused-ring (bicyclic) bond motifs is 8. The van der Waals surface area contributed by atoms with Crippen LogP contribution in [0, 0.1) is 13.8 Å². The first-order valence-electron chi connectivity index (χ1n) is 16.3. The lowest BCUT2D eigenvalue weighted by Crippen LogP contribution is -2.12. The molecular weight excluding hydrogens is 608 g/mol. The Bertz CT molecular complexity index is 2010. The number of H-pyrrole nitrogens is 2. The van der Waals surface area contributed by atoms with Gasteiger partial charge in [-0.05, 0) is 80.5 Å². The molecule has 0 spiro atoms. The molecule has 2 aliphatic heterocycles. The topological polar surface area (TPSA) is 136 Å². The maximum atomic E-state index is 13.5. The van der Waals surface area contributed by atoms with E-state index in [1.165, 1.54) is 21.3 Å². The molecule has 2 aliphatic rings. The maximum Gasteiger partial charge on any atom is 0.340 e. The fraction of sp³-hybridized carbons (Fsp3) is 0.395. The number of nitrogens with zero attached hydrogens (tertiary/aromatic N) is 2. The number of esters is 3. The number of carbonyl (C=O) groups excluding carboxylic acids is 3. The molecule has 0 saturated heterocycles. The van der Waals surface area contributed by atoms with Crippen LogP contribution in [0.2, 0.25) is 0 Å². The highest BCUT2D eigenvalue weighted by atomic mass is 16.5. The smallest absolute Gasteiger partial charge is 0.340 e. The van der Waals surface area contributed by atoms with Crippen molar-refractivity contribution in [2.24, 2.45) is 0 Å². The van der Waals surface area contributed by atoms with E-state index in [2.05, 4.69) is 43.4 Å². The Hall–Kier alpha value is -4.99. The van der Waals surface area contributed by atoms with Gasteiger partial charge in [-0.25, -0.2) is 9.78 Å². The minimum atomic E-state index is -0.531. The van der Waals surface area contributed by atoms with Crippen LogP contribution in [0.15, 0.2) is 30.9 Å². The van der Waals surface area contributed by atoms with Crippen molar-refractivity contribution in [2.45, 2.75) is 78.6 Å². The van der Waals surface area contributed by atoms with E-state index in [4.69, 9.17) is 24.2 Å². The van der Waals surface area contributed by atoms with Crippen LogP contribution in [0.3, 0.4) is 0 Å². The fourth-order valence-corrected chi connectivity index (χ4v) is 6.98. The number of methoxy groups -OCH3 is 3. The highest BCUT2D eigenvalue weighted by molar-refractivity contribution is 6.03. The summed E-state index contributed by atoms with van der Waals surface area (Å²) < 4.78 is 15.4. The summed E-state index contributed by atoms with van der Waals surface area (Å²) in [5.74, 6) is -1.58. The lowest BCUT2D eigenvalue weighted by Gasteiger charge is -2.18. The Morgan fingerprint density at radius 1 is 0.875 bits per heavy atom. The Morgan fingerprint density at radius 3 is 2.23 bits per heavy atom. The molecule has 10 heteroatoms. The van der Waals surface area contributed by atoms with Crippen molar-refractivity contribution in [1.82, 2.24) is 19.9 Å². The number of aromatic nitrogens is 4. The first kappa shape index (κ1) is 34.3. The van der Waals surface area contributed by atoms with Crippen molar-refractivity contribution < 1.29 is 28.6 Å². The molecule has 0 aromatic carbocycles. The molecule has 8 bridgehead atoms. The van der Waals surface area contributed by atoms with E-state index in [9.17, 15) is 14.4 Å². The van der Waals surface area contributed by atoms with Crippen LogP contribution in [0.4, 0.5) is 0 Å². The molecule has 10 nitrogen and oxygen atoms in total. The molecule has 0 fully saturated rings. The van der Waals surface area contributed by atoms with Crippen molar-refractivity contribution in [3.63, 3.8) is 0 Å². The van der Waals surface area contributed by atoms with Crippen LogP contribution in [-0.2, 0) is 36.6 Å². The molecule has 3 aromatic rings. The molecule has 5 rings (SSSR count). The fourth-order valence-electron chi connectivity index (χ4n) is 6.98. The molecule has 0 amide bonds. The molecule has 252 valence electrons. The summed E-state index contributed by atoms with van der Waals surface area (Å²) in [4.78, 5) is 56.0. The van der Waals surface area contributed by atoms with Crippen molar-refractivity contribution in [3.05, 3.63) is 81.4 Å². The van der Waals surface area contributed by atoms with Gasteiger partial charge >= 0.3 is 17.9 Å². The summed E-state index contributed by atoms with van der Waals surface area (Å²) in [5, 5.41) is 0. The number of ether oxygens (including phenoxy) is 3. The largest absolute Gasteiger partial charge is 0.469 e. The summed E-state index contributed by atoms with van der Waals surface area (Å²) in [5.41, 5.74) is 11.7. The number of allylic oxidation sites excluding steroid dienone is 3. The van der Waals surface area contributed by atoms with Gasteiger partial charge in [0.15, 0.2) is 0 Å². The molecule has 48 heavy (non-hydrogen) atoms. The number of aromatic amines is 2. The zero-order chi connectivity index (χ0) is 34.9. The van der Waals surface area contributed by atoms with Gasteiger partial charge in [0.1, 0.15) is 0 Å². The molecule has 2 N–H and O–H groups in total. The third-order valence-corrected chi connectivity index (χ3v) is 9.80. The number of hydrogen-bond acceptors (Lipinski definition) is 8. The molecule has 3 aromatic heterocycles. The van der Waals surface area contributed by atoms with E-state index in [1.807, 2.05) is 32.1 Å². The van der Waals surface area contributed by atoms with Crippen molar-refractivity contribution in [2.75, 3.05) is 21.3 Å². The van der Waals surface area contributed by atoms with E-state index in [0.29, 0.717) is 46.3 Å². The molecule has 0 unspecified atom stereocenters. The summed E-state index contributed by atoms with van der Waals surface area (Å²) >= 11 is 0. The van der Waals surface area contributed by atoms with Crippen molar-refractivity contribution >= 4 is 51.1 Å². The van der Waals surface area contributed by atoms with Crippen LogP contribution < -0.4 is 0 Å². The molecule has 2 atom stereocenters. The number of hydrogen-bond donors (Lipinski definition) is 2. The van der Waals surface area contributed by atoms with Gasteiger partial charge in [0.2, 0.25) is 0 Å². The monoisotopic (exact) mass is 652 g/mol. The first-order valence-corrected chi connectivity index (χ1v) is 16.3.